The van der Waals surface area contributed by atoms with Crippen LogP contribution in [0.25, 0.3) is 0 Å². The summed E-state index contributed by atoms with van der Waals surface area (Å²) in [5.74, 6) is 1.68. The van der Waals surface area contributed by atoms with Gasteiger partial charge in [-0.25, -0.2) is 4.98 Å². The number of imidazole rings is 1. The summed E-state index contributed by atoms with van der Waals surface area (Å²) in [6.45, 7) is 5.76. The normalized spacial score (nSPS) is 17.5. The topological polar surface area (TPSA) is 62.7 Å². The molecule has 0 bridgehead atoms. The molecule has 0 saturated heterocycles. The number of amides is 1. The molecule has 0 fully saturated rings. The molecule has 5 nitrogen and oxygen atoms in total. The zero-order valence-corrected chi connectivity index (χ0v) is 13.3. The van der Waals surface area contributed by atoms with E-state index in [1.807, 2.05) is 24.5 Å². The number of aryl methyl sites for hydroxylation is 1. The second-order valence-electron chi connectivity index (χ2n) is 6.35. The molecule has 22 heavy (non-hydrogen) atoms. The van der Waals surface area contributed by atoms with Crippen LogP contribution in [-0.4, -0.2) is 27.0 Å². The van der Waals surface area contributed by atoms with Crippen LogP contribution < -0.4 is 5.32 Å². The molecule has 1 aliphatic rings. The first-order valence-corrected chi connectivity index (χ1v) is 8.09. The van der Waals surface area contributed by atoms with Crippen molar-refractivity contribution in [3.05, 3.63) is 41.7 Å². The highest BCUT2D eigenvalue weighted by atomic mass is 16.1. The van der Waals surface area contributed by atoms with Crippen molar-refractivity contribution in [3.63, 3.8) is 0 Å². The Balaban J connectivity index is 1.53. The third-order valence-corrected chi connectivity index (χ3v) is 4.32. The third kappa shape index (κ3) is 3.24. The Hall–Kier alpha value is -2.04. The summed E-state index contributed by atoms with van der Waals surface area (Å²) in [4.78, 5) is 20.4. The summed E-state index contributed by atoms with van der Waals surface area (Å²) in [5, 5.41) is 3.06. The van der Waals surface area contributed by atoms with Gasteiger partial charge >= 0.3 is 0 Å². The molecule has 1 atom stereocenters. The summed E-state index contributed by atoms with van der Waals surface area (Å²) in [6.07, 6.45) is 6.59. The second-order valence-corrected chi connectivity index (χ2v) is 6.35. The zero-order valence-electron chi connectivity index (χ0n) is 13.3. The lowest BCUT2D eigenvalue weighted by atomic mass is 9.89. The van der Waals surface area contributed by atoms with Gasteiger partial charge in [0.2, 0.25) is 5.91 Å². The highest BCUT2D eigenvalue weighted by molar-refractivity contribution is 5.79. The Bertz CT molecular complexity index is 627. The van der Waals surface area contributed by atoms with E-state index in [9.17, 15) is 4.79 Å². The van der Waals surface area contributed by atoms with Crippen LogP contribution in [0, 0.1) is 5.92 Å². The van der Waals surface area contributed by atoms with Gasteiger partial charge in [-0.15, -0.1) is 0 Å². The predicted octanol–water partition coefficient (Wildman–Crippen LogP) is 2.26. The van der Waals surface area contributed by atoms with Gasteiger partial charge in [-0.2, -0.15) is 0 Å². The van der Waals surface area contributed by atoms with Crippen LogP contribution in [-0.2, 0) is 24.2 Å². The monoisotopic (exact) mass is 300 g/mol. The van der Waals surface area contributed by atoms with E-state index in [2.05, 4.69) is 33.7 Å². The molecule has 118 valence electrons. The summed E-state index contributed by atoms with van der Waals surface area (Å²) in [5.41, 5.74) is 2.31. The molecule has 0 radical (unpaired) electrons. The van der Waals surface area contributed by atoms with Gasteiger partial charge in [-0.05, 0) is 25.0 Å². The Labute approximate surface area is 131 Å². The summed E-state index contributed by atoms with van der Waals surface area (Å²) < 4.78 is 2.07. The molecule has 2 heterocycles. The Kier molecular flexibility index (Phi) is 4.32. The Morgan fingerprint density at radius 1 is 1.45 bits per heavy atom. The van der Waals surface area contributed by atoms with E-state index < -0.39 is 0 Å². The van der Waals surface area contributed by atoms with Gasteiger partial charge in [-0.1, -0.05) is 13.8 Å². The number of aromatic amines is 1. The lowest BCUT2D eigenvalue weighted by Crippen LogP contribution is -2.35. The summed E-state index contributed by atoms with van der Waals surface area (Å²) in [6, 6.07) is 3.99. The van der Waals surface area contributed by atoms with Crippen molar-refractivity contribution in [2.24, 2.45) is 5.92 Å². The molecule has 2 N–H and O–H groups in total. The molecule has 1 aliphatic carbocycles. The van der Waals surface area contributed by atoms with Crippen molar-refractivity contribution in [3.8, 4) is 0 Å². The van der Waals surface area contributed by atoms with Gasteiger partial charge in [0.1, 0.15) is 5.82 Å². The molecular formula is C17H24N4O. The number of H-pyrrole nitrogens is 1. The fourth-order valence-electron chi connectivity index (χ4n) is 2.97. The van der Waals surface area contributed by atoms with E-state index in [0.29, 0.717) is 12.5 Å². The number of nitrogens with zero attached hydrogens (tertiary/aromatic N) is 2. The van der Waals surface area contributed by atoms with Gasteiger partial charge in [0, 0.05) is 49.4 Å². The quantitative estimate of drug-likeness (QED) is 0.889. The number of aromatic nitrogens is 3. The molecule has 3 rings (SSSR count). The molecule has 0 aliphatic heterocycles. The van der Waals surface area contributed by atoms with Gasteiger partial charge in [-0.3, -0.25) is 4.79 Å². The van der Waals surface area contributed by atoms with E-state index in [0.717, 1.165) is 43.0 Å². The van der Waals surface area contributed by atoms with E-state index >= 15 is 0 Å². The lowest BCUT2D eigenvalue weighted by Gasteiger charge is -2.20. The number of rotatable bonds is 5. The van der Waals surface area contributed by atoms with Crippen LogP contribution in [0.3, 0.4) is 0 Å². The number of carbonyl (C=O) groups is 1. The van der Waals surface area contributed by atoms with Gasteiger partial charge in [0.15, 0.2) is 0 Å². The summed E-state index contributed by atoms with van der Waals surface area (Å²) >= 11 is 0. The molecule has 0 unspecified atom stereocenters. The number of fused-ring (bicyclic) bond motifs is 1. The maximum absolute atomic E-state index is 12.3. The van der Waals surface area contributed by atoms with Gasteiger partial charge < -0.3 is 14.9 Å². The lowest BCUT2D eigenvalue weighted by molar-refractivity contribution is -0.125. The third-order valence-electron chi connectivity index (χ3n) is 4.32. The van der Waals surface area contributed by atoms with Crippen LogP contribution in [0.4, 0.5) is 0 Å². The molecular weight excluding hydrogens is 276 g/mol. The van der Waals surface area contributed by atoms with Gasteiger partial charge in [0.25, 0.3) is 0 Å². The minimum atomic E-state index is 0.0672. The minimum Gasteiger partial charge on any atom is -0.354 e. The van der Waals surface area contributed by atoms with Crippen LogP contribution >= 0.6 is 0 Å². The Morgan fingerprint density at radius 2 is 2.23 bits per heavy atom. The van der Waals surface area contributed by atoms with Crippen LogP contribution in [0.15, 0.2) is 24.5 Å². The average Bonchev–Trinajstić information content (AvgIpc) is 3.15. The van der Waals surface area contributed by atoms with Crippen molar-refractivity contribution in [1.29, 1.82) is 0 Å². The van der Waals surface area contributed by atoms with Crippen LogP contribution in [0.5, 0.6) is 0 Å². The summed E-state index contributed by atoms with van der Waals surface area (Å²) in [7, 11) is 0. The maximum Gasteiger partial charge on any atom is 0.223 e. The molecule has 1 amide bonds. The number of nitrogens with one attached hydrogen (secondary N) is 2. The molecule has 5 heteroatoms. The zero-order chi connectivity index (χ0) is 15.5. The van der Waals surface area contributed by atoms with Crippen molar-refractivity contribution in [1.82, 2.24) is 19.9 Å². The molecule has 0 aromatic carbocycles. The largest absolute Gasteiger partial charge is 0.354 e. The van der Waals surface area contributed by atoms with Gasteiger partial charge in [0.05, 0.1) is 5.69 Å². The van der Waals surface area contributed by atoms with E-state index in [4.69, 9.17) is 0 Å². The molecule has 2 aromatic heterocycles. The first-order chi connectivity index (χ1) is 10.6. The number of hydrogen-bond donors (Lipinski definition) is 2. The second kappa shape index (κ2) is 6.38. The van der Waals surface area contributed by atoms with Crippen molar-refractivity contribution in [2.75, 3.05) is 6.54 Å². The first kappa shape index (κ1) is 14.9. The van der Waals surface area contributed by atoms with Crippen molar-refractivity contribution < 1.29 is 4.79 Å². The average molecular weight is 300 g/mol. The highest BCUT2D eigenvalue weighted by Crippen LogP contribution is 2.25. The minimum absolute atomic E-state index is 0.0672. The molecule has 2 aromatic rings. The fourth-order valence-corrected chi connectivity index (χ4v) is 2.97. The predicted molar refractivity (Wildman–Crippen MR) is 85.6 cm³/mol. The number of carbonyl (C=O) groups excluding carboxylic acids is 1. The van der Waals surface area contributed by atoms with Crippen LogP contribution in [0.1, 0.15) is 43.4 Å². The van der Waals surface area contributed by atoms with E-state index in [1.165, 1.54) is 0 Å². The Morgan fingerprint density at radius 3 is 2.95 bits per heavy atom. The standard InChI is InChI=1S/C17H24N4O/c1-12(2)16-19-14-6-5-13(11-15(14)20-16)17(22)18-7-10-21-8-3-4-9-21/h3-4,8-9,12-13H,5-7,10-11H2,1-2H3,(H,18,22)(H,19,20)/t13-/m0/s1. The molecule has 0 spiro atoms. The van der Waals surface area contributed by atoms with Crippen LogP contribution in [0.2, 0.25) is 0 Å². The smallest absolute Gasteiger partial charge is 0.223 e. The van der Waals surface area contributed by atoms with E-state index in [1.54, 1.807) is 0 Å². The van der Waals surface area contributed by atoms with E-state index in [-0.39, 0.29) is 11.8 Å². The van der Waals surface area contributed by atoms with Crippen molar-refractivity contribution in [2.45, 2.75) is 45.6 Å². The maximum atomic E-state index is 12.3. The molecule has 0 saturated carbocycles. The fraction of sp³-hybridized carbons (Fsp3) is 0.529. The van der Waals surface area contributed by atoms with Crippen molar-refractivity contribution >= 4 is 5.91 Å². The highest BCUT2D eigenvalue weighted by Gasteiger charge is 2.27. The SMILES string of the molecule is CC(C)c1nc2c([nH]1)C[C@@H](C(=O)NCCn1cccc1)CC2. The first-order valence-electron chi connectivity index (χ1n) is 8.09. The number of hydrogen-bond acceptors (Lipinski definition) is 2.